The van der Waals surface area contributed by atoms with Crippen LogP contribution in [0.1, 0.15) is 37.7 Å². The minimum Gasteiger partial charge on any atom is -0.490 e. The van der Waals surface area contributed by atoms with Crippen LogP contribution in [0.2, 0.25) is 0 Å². The molecule has 2 saturated carbocycles. The molecular weight excluding hydrogens is 333 g/mol. The van der Waals surface area contributed by atoms with Gasteiger partial charge in [-0.3, -0.25) is 0 Å². The van der Waals surface area contributed by atoms with Crippen molar-refractivity contribution in [2.75, 3.05) is 0 Å². The third kappa shape index (κ3) is 2.34. The van der Waals surface area contributed by atoms with Crippen LogP contribution in [-0.2, 0) is 6.18 Å². The molecule has 0 heterocycles. The first-order valence-corrected chi connectivity index (χ1v) is 7.81. The molecule has 2 unspecified atom stereocenters. The van der Waals surface area contributed by atoms with Crippen molar-refractivity contribution >= 4 is 15.9 Å². The quantitative estimate of drug-likeness (QED) is 0.669. The topological polar surface area (TPSA) is 9.23 Å². The Balaban J connectivity index is 1.70. The van der Waals surface area contributed by atoms with Crippen LogP contribution in [0, 0.1) is 5.41 Å². The van der Waals surface area contributed by atoms with Crippen LogP contribution >= 0.6 is 15.9 Å². The Morgan fingerprint density at radius 2 is 1.70 bits per heavy atom. The highest BCUT2D eigenvalue weighted by atomic mass is 79.9. The SMILES string of the molecule is FC(F)(F)c1ccc(OC2CC(Br)C23CCCC3)cc1. The maximum Gasteiger partial charge on any atom is 0.416 e. The summed E-state index contributed by atoms with van der Waals surface area (Å²) in [7, 11) is 0. The Morgan fingerprint density at radius 3 is 2.20 bits per heavy atom. The van der Waals surface area contributed by atoms with Gasteiger partial charge < -0.3 is 4.74 Å². The third-order valence-electron chi connectivity index (χ3n) is 4.68. The first-order chi connectivity index (χ1) is 9.42. The largest absolute Gasteiger partial charge is 0.490 e. The van der Waals surface area contributed by atoms with E-state index < -0.39 is 11.7 Å². The Morgan fingerprint density at radius 1 is 1.10 bits per heavy atom. The second kappa shape index (κ2) is 4.93. The summed E-state index contributed by atoms with van der Waals surface area (Å²) < 4.78 is 43.4. The molecule has 0 N–H and O–H groups in total. The lowest BCUT2D eigenvalue weighted by molar-refractivity contribution is -0.137. The maximum absolute atomic E-state index is 12.5. The molecule has 3 rings (SSSR count). The van der Waals surface area contributed by atoms with Gasteiger partial charge in [0.1, 0.15) is 11.9 Å². The molecule has 0 saturated heterocycles. The molecule has 1 aromatic rings. The van der Waals surface area contributed by atoms with E-state index in [0.717, 1.165) is 31.4 Å². The van der Waals surface area contributed by atoms with Gasteiger partial charge in [0.2, 0.25) is 0 Å². The summed E-state index contributed by atoms with van der Waals surface area (Å²) in [5.41, 5.74) is -0.435. The third-order valence-corrected chi connectivity index (χ3v) is 5.97. The lowest BCUT2D eigenvalue weighted by Crippen LogP contribution is -2.55. The average Bonchev–Trinajstić information content (AvgIpc) is 2.90. The van der Waals surface area contributed by atoms with Gasteiger partial charge in [-0.2, -0.15) is 13.2 Å². The van der Waals surface area contributed by atoms with Crippen LogP contribution in [0.25, 0.3) is 0 Å². The van der Waals surface area contributed by atoms with Gasteiger partial charge in [0, 0.05) is 10.2 Å². The van der Waals surface area contributed by atoms with Gasteiger partial charge in [-0.25, -0.2) is 0 Å². The molecule has 0 aliphatic heterocycles. The van der Waals surface area contributed by atoms with Gasteiger partial charge >= 0.3 is 6.18 Å². The smallest absolute Gasteiger partial charge is 0.416 e. The van der Waals surface area contributed by atoms with E-state index >= 15 is 0 Å². The molecule has 2 atom stereocenters. The summed E-state index contributed by atoms with van der Waals surface area (Å²) >= 11 is 3.71. The van der Waals surface area contributed by atoms with E-state index in [0.29, 0.717) is 10.6 Å². The molecule has 20 heavy (non-hydrogen) atoms. The van der Waals surface area contributed by atoms with Crippen LogP contribution in [0.15, 0.2) is 24.3 Å². The Kier molecular flexibility index (Phi) is 3.51. The fourth-order valence-corrected chi connectivity index (χ4v) is 4.51. The first-order valence-electron chi connectivity index (χ1n) is 6.90. The zero-order valence-electron chi connectivity index (χ0n) is 10.9. The lowest BCUT2D eigenvalue weighted by Gasteiger charge is -2.51. The second-order valence-electron chi connectivity index (χ2n) is 5.77. The van der Waals surface area contributed by atoms with E-state index in [1.165, 1.54) is 25.0 Å². The summed E-state index contributed by atoms with van der Waals surface area (Å²) in [5.74, 6) is 0.536. The molecule has 0 amide bonds. The van der Waals surface area contributed by atoms with E-state index in [9.17, 15) is 13.2 Å². The zero-order chi connectivity index (χ0) is 14.4. The molecular formula is C15H16BrF3O. The normalized spacial score (nSPS) is 28.4. The number of ether oxygens (including phenoxy) is 1. The first kappa shape index (κ1) is 14.2. The fraction of sp³-hybridized carbons (Fsp3) is 0.600. The molecule has 5 heteroatoms. The van der Waals surface area contributed by atoms with Crippen LogP contribution < -0.4 is 4.74 Å². The Bertz CT molecular complexity index is 477. The molecule has 110 valence electrons. The molecule has 2 aliphatic rings. The molecule has 1 spiro atoms. The standard InChI is InChI=1S/C15H16BrF3O/c16-12-9-13(14(12)7-1-2-8-14)20-11-5-3-10(4-6-11)15(17,18)19/h3-6,12-13H,1-2,7-9H2. The van der Waals surface area contributed by atoms with Gasteiger partial charge in [-0.1, -0.05) is 28.8 Å². The van der Waals surface area contributed by atoms with Crippen LogP contribution in [0.4, 0.5) is 13.2 Å². The van der Waals surface area contributed by atoms with Crippen molar-refractivity contribution in [3.8, 4) is 5.75 Å². The Labute approximate surface area is 124 Å². The minimum atomic E-state index is -4.29. The maximum atomic E-state index is 12.5. The number of rotatable bonds is 2. The number of benzene rings is 1. The van der Waals surface area contributed by atoms with Crippen molar-refractivity contribution in [2.24, 2.45) is 5.41 Å². The van der Waals surface area contributed by atoms with E-state index in [1.54, 1.807) is 0 Å². The molecule has 0 radical (unpaired) electrons. The van der Waals surface area contributed by atoms with E-state index in [2.05, 4.69) is 15.9 Å². The average molecular weight is 349 g/mol. The van der Waals surface area contributed by atoms with Gasteiger partial charge in [0.25, 0.3) is 0 Å². The molecule has 2 fully saturated rings. The Hall–Kier alpha value is -0.710. The monoisotopic (exact) mass is 348 g/mol. The summed E-state index contributed by atoms with van der Waals surface area (Å²) in [4.78, 5) is 0.483. The molecule has 0 bridgehead atoms. The van der Waals surface area contributed by atoms with E-state index in [-0.39, 0.29) is 11.5 Å². The highest BCUT2D eigenvalue weighted by Crippen LogP contribution is 2.57. The molecule has 1 aromatic carbocycles. The second-order valence-corrected chi connectivity index (χ2v) is 6.88. The van der Waals surface area contributed by atoms with Gasteiger partial charge in [0.15, 0.2) is 0 Å². The summed E-state index contributed by atoms with van der Waals surface area (Å²) in [6, 6.07) is 5.02. The van der Waals surface area contributed by atoms with Crippen LogP contribution in [0.5, 0.6) is 5.75 Å². The summed E-state index contributed by atoms with van der Waals surface area (Å²) in [6.45, 7) is 0. The van der Waals surface area contributed by atoms with Gasteiger partial charge in [-0.05, 0) is 43.5 Å². The summed E-state index contributed by atoms with van der Waals surface area (Å²) in [5, 5.41) is 0. The van der Waals surface area contributed by atoms with Crippen molar-refractivity contribution in [1.82, 2.24) is 0 Å². The lowest BCUT2D eigenvalue weighted by atomic mass is 9.64. The van der Waals surface area contributed by atoms with E-state index in [1.807, 2.05) is 0 Å². The number of hydrogen-bond acceptors (Lipinski definition) is 1. The van der Waals surface area contributed by atoms with Crippen LogP contribution in [-0.4, -0.2) is 10.9 Å². The number of hydrogen-bond donors (Lipinski definition) is 0. The summed E-state index contributed by atoms with van der Waals surface area (Å²) in [6.07, 6.45) is 1.50. The van der Waals surface area contributed by atoms with Gasteiger partial charge in [-0.15, -0.1) is 0 Å². The highest BCUT2D eigenvalue weighted by Gasteiger charge is 2.56. The van der Waals surface area contributed by atoms with Crippen molar-refractivity contribution in [1.29, 1.82) is 0 Å². The van der Waals surface area contributed by atoms with Crippen molar-refractivity contribution in [3.63, 3.8) is 0 Å². The van der Waals surface area contributed by atoms with E-state index in [4.69, 9.17) is 4.74 Å². The minimum absolute atomic E-state index is 0.131. The molecule has 2 aliphatic carbocycles. The zero-order valence-corrected chi connectivity index (χ0v) is 12.5. The predicted octanol–water partition coefficient (Wildman–Crippen LogP) is 5.18. The number of alkyl halides is 4. The number of halogens is 4. The highest BCUT2D eigenvalue weighted by molar-refractivity contribution is 9.09. The molecule has 1 nitrogen and oxygen atoms in total. The fourth-order valence-electron chi connectivity index (χ4n) is 3.42. The van der Waals surface area contributed by atoms with Crippen molar-refractivity contribution in [3.05, 3.63) is 29.8 Å². The van der Waals surface area contributed by atoms with Crippen molar-refractivity contribution < 1.29 is 17.9 Å². The van der Waals surface area contributed by atoms with Gasteiger partial charge in [0.05, 0.1) is 5.56 Å². The van der Waals surface area contributed by atoms with Crippen molar-refractivity contribution in [2.45, 2.75) is 49.2 Å². The van der Waals surface area contributed by atoms with Crippen LogP contribution in [0.3, 0.4) is 0 Å². The predicted molar refractivity (Wildman–Crippen MR) is 74.1 cm³/mol. The molecule has 0 aromatic heterocycles.